The van der Waals surface area contributed by atoms with Gasteiger partial charge in [-0.05, 0) is 49.8 Å². The zero-order valence-electron chi connectivity index (χ0n) is 14.1. The van der Waals surface area contributed by atoms with Crippen LogP contribution >= 0.6 is 12.4 Å². The molecule has 0 radical (unpaired) electrons. The number of halogens is 2. The highest BCUT2D eigenvalue weighted by Crippen LogP contribution is 2.37. The Bertz CT molecular complexity index is 554. The fourth-order valence-corrected chi connectivity index (χ4v) is 3.63. The van der Waals surface area contributed by atoms with Gasteiger partial charge in [-0.2, -0.15) is 0 Å². The molecule has 0 bridgehead atoms. The van der Waals surface area contributed by atoms with Crippen molar-refractivity contribution in [3.8, 4) is 5.75 Å². The first-order valence-electron chi connectivity index (χ1n) is 8.54. The molecule has 2 fully saturated rings. The van der Waals surface area contributed by atoms with Crippen LogP contribution in [0.5, 0.6) is 5.75 Å². The Balaban J connectivity index is 0.00000208. The van der Waals surface area contributed by atoms with E-state index in [1.54, 1.807) is 18.2 Å². The van der Waals surface area contributed by atoms with Crippen LogP contribution in [0.25, 0.3) is 0 Å². The number of nitrogens with zero attached hydrogens (tertiary/aromatic N) is 1. The van der Waals surface area contributed by atoms with Gasteiger partial charge >= 0.3 is 0 Å². The molecule has 2 aliphatic heterocycles. The minimum atomic E-state index is -0.609. The Morgan fingerprint density at radius 2 is 2.04 bits per heavy atom. The lowest BCUT2D eigenvalue weighted by molar-refractivity contribution is -0.141. The molecule has 1 atom stereocenters. The van der Waals surface area contributed by atoms with Crippen molar-refractivity contribution >= 4 is 18.3 Å². The van der Waals surface area contributed by atoms with Gasteiger partial charge in [0.05, 0.1) is 0 Å². The summed E-state index contributed by atoms with van der Waals surface area (Å²) in [6.07, 6.45) is 3.22. The second-order valence-corrected chi connectivity index (χ2v) is 6.70. The van der Waals surface area contributed by atoms with Gasteiger partial charge in [-0.15, -0.1) is 12.4 Å². The van der Waals surface area contributed by atoms with Crippen molar-refractivity contribution in [2.45, 2.75) is 38.7 Å². The topological polar surface area (TPSA) is 41.6 Å². The monoisotopic (exact) mass is 356 g/mol. The summed E-state index contributed by atoms with van der Waals surface area (Å²) >= 11 is 0. The Hall–Kier alpha value is -1.33. The maximum atomic E-state index is 13.7. The van der Waals surface area contributed by atoms with Gasteiger partial charge in [-0.3, -0.25) is 4.79 Å². The number of hydrogen-bond acceptors (Lipinski definition) is 3. The first-order valence-corrected chi connectivity index (χ1v) is 8.54. The van der Waals surface area contributed by atoms with E-state index < -0.39 is 11.9 Å². The molecule has 1 spiro atoms. The summed E-state index contributed by atoms with van der Waals surface area (Å²) < 4.78 is 19.4. The lowest BCUT2D eigenvalue weighted by atomic mass is 9.78. The van der Waals surface area contributed by atoms with E-state index in [4.69, 9.17) is 4.74 Å². The van der Waals surface area contributed by atoms with Crippen molar-refractivity contribution in [1.82, 2.24) is 10.2 Å². The van der Waals surface area contributed by atoms with Crippen LogP contribution in [0.2, 0.25) is 0 Å². The Morgan fingerprint density at radius 3 is 2.62 bits per heavy atom. The van der Waals surface area contributed by atoms with Gasteiger partial charge in [-0.25, -0.2) is 4.39 Å². The van der Waals surface area contributed by atoms with Crippen molar-refractivity contribution in [1.29, 1.82) is 0 Å². The number of amides is 1. The van der Waals surface area contributed by atoms with Gasteiger partial charge in [0.25, 0.3) is 5.91 Å². The molecule has 0 aromatic heterocycles. The zero-order chi connectivity index (χ0) is 16.3. The molecular weight excluding hydrogens is 331 g/mol. The Morgan fingerprint density at radius 1 is 1.33 bits per heavy atom. The molecule has 1 aromatic carbocycles. The molecule has 2 heterocycles. The third-order valence-electron chi connectivity index (χ3n) is 5.22. The van der Waals surface area contributed by atoms with E-state index in [1.807, 2.05) is 11.8 Å². The van der Waals surface area contributed by atoms with Gasteiger partial charge in [0, 0.05) is 19.6 Å². The highest BCUT2D eigenvalue weighted by atomic mass is 35.5. The minimum absolute atomic E-state index is 0. The average molecular weight is 357 g/mol. The summed E-state index contributed by atoms with van der Waals surface area (Å²) in [7, 11) is 0. The van der Waals surface area contributed by atoms with E-state index in [1.165, 1.54) is 12.5 Å². The van der Waals surface area contributed by atoms with Gasteiger partial charge in [0.2, 0.25) is 0 Å². The number of likely N-dealkylation sites (tertiary alicyclic amines) is 1. The maximum Gasteiger partial charge on any atom is 0.263 e. The standard InChI is InChI=1S/C18H25FN2O2.ClH/c1-2-15(23-16-6-4-3-5-14(16)19)17(22)21-11-8-18(9-12-21)7-10-20-13-18;/h3-6,15,20H,2,7-13H2,1H3;1H. The first kappa shape index (κ1) is 19.0. The molecule has 2 aliphatic rings. The molecular formula is C18H26ClFN2O2. The van der Waals surface area contributed by atoms with Crippen LogP contribution in [-0.2, 0) is 4.79 Å². The van der Waals surface area contributed by atoms with E-state index >= 15 is 0 Å². The van der Waals surface area contributed by atoms with Gasteiger partial charge in [0.1, 0.15) is 0 Å². The average Bonchev–Trinajstić information content (AvgIpc) is 3.02. The number of para-hydroxylation sites is 1. The quantitative estimate of drug-likeness (QED) is 0.901. The summed E-state index contributed by atoms with van der Waals surface area (Å²) in [5, 5.41) is 3.43. The number of benzene rings is 1. The molecule has 134 valence electrons. The van der Waals surface area contributed by atoms with Crippen LogP contribution in [0.1, 0.15) is 32.6 Å². The molecule has 1 aromatic rings. The molecule has 4 nitrogen and oxygen atoms in total. The maximum absolute atomic E-state index is 13.7. The van der Waals surface area contributed by atoms with Crippen molar-refractivity contribution in [2.24, 2.45) is 5.41 Å². The van der Waals surface area contributed by atoms with E-state index in [9.17, 15) is 9.18 Å². The van der Waals surface area contributed by atoms with Gasteiger partial charge in [0.15, 0.2) is 17.7 Å². The highest BCUT2D eigenvalue weighted by molar-refractivity contribution is 5.85. The fraction of sp³-hybridized carbons (Fsp3) is 0.611. The predicted octanol–water partition coefficient (Wildman–Crippen LogP) is 3.01. The fourth-order valence-electron chi connectivity index (χ4n) is 3.63. The number of nitrogens with one attached hydrogen (secondary N) is 1. The number of rotatable bonds is 4. The van der Waals surface area contributed by atoms with E-state index in [0.29, 0.717) is 11.8 Å². The largest absolute Gasteiger partial charge is 0.478 e. The van der Waals surface area contributed by atoms with E-state index in [-0.39, 0.29) is 24.1 Å². The number of carbonyl (C=O) groups excluding carboxylic acids is 1. The molecule has 6 heteroatoms. The third kappa shape index (κ3) is 4.01. The second-order valence-electron chi connectivity index (χ2n) is 6.70. The molecule has 1 N–H and O–H groups in total. The SMILES string of the molecule is CCC(Oc1ccccc1F)C(=O)N1CCC2(CCNC2)CC1.Cl. The van der Waals surface area contributed by atoms with Crippen molar-refractivity contribution < 1.29 is 13.9 Å². The second kappa shape index (κ2) is 8.17. The van der Waals surface area contributed by atoms with Crippen LogP contribution in [0.4, 0.5) is 4.39 Å². The molecule has 3 rings (SSSR count). The Labute approximate surface area is 149 Å². The van der Waals surface area contributed by atoms with Crippen molar-refractivity contribution in [3.05, 3.63) is 30.1 Å². The minimum Gasteiger partial charge on any atom is -0.478 e. The smallest absolute Gasteiger partial charge is 0.263 e. The van der Waals surface area contributed by atoms with Crippen LogP contribution < -0.4 is 10.1 Å². The van der Waals surface area contributed by atoms with Crippen LogP contribution in [0, 0.1) is 11.2 Å². The van der Waals surface area contributed by atoms with Crippen molar-refractivity contribution in [2.75, 3.05) is 26.2 Å². The van der Waals surface area contributed by atoms with Crippen LogP contribution in [-0.4, -0.2) is 43.1 Å². The molecule has 1 unspecified atom stereocenters. The first-order chi connectivity index (χ1) is 11.1. The molecule has 2 saturated heterocycles. The zero-order valence-corrected chi connectivity index (χ0v) is 14.9. The highest BCUT2D eigenvalue weighted by Gasteiger charge is 2.39. The number of piperidine rings is 1. The van der Waals surface area contributed by atoms with Gasteiger partial charge < -0.3 is 15.0 Å². The normalized spacial score (nSPS) is 20.5. The van der Waals surface area contributed by atoms with Crippen LogP contribution in [0.3, 0.4) is 0 Å². The lowest BCUT2D eigenvalue weighted by Crippen LogP contribution is -2.48. The summed E-state index contributed by atoms with van der Waals surface area (Å²) in [6, 6.07) is 6.25. The molecule has 1 amide bonds. The number of hydrogen-bond donors (Lipinski definition) is 1. The molecule has 24 heavy (non-hydrogen) atoms. The Kier molecular flexibility index (Phi) is 6.47. The summed E-state index contributed by atoms with van der Waals surface area (Å²) in [5.74, 6) is -0.286. The summed E-state index contributed by atoms with van der Waals surface area (Å²) in [5.41, 5.74) is 0.380. The van der Waals surface area contributed by atoms with Crippen molar-refractivity contribution in [3.63, 3.8) is 0 Å². The molecule has 0 saturated carbocycles. The van der Waals surface area contributed by atoms with E-state index in [0.717, 1.165) is 39.0 Å². The van der Waals surface area contributed by atoms with Gasteiger partial charge in [-0.1, -0.05) is 19.1 Å². The number of ether oxygens (including phenoxy) is 1. The number of carbonyl (C=O) groups is 1. The molecule has 0 aliphatic carbocycles. The summed E-state index contributed by atoms with van der Waals surface area (Å²) in [6.45, 7) is 5.60. The third-order valence-corrected chi connectivity index (χ3v) is 5.22. The van der Waals surface area contributed by atoms with Crippen LogP contribution in [0.15, 0.2) is 24.3 Å². The lowest BCUT2D eigenvalue weighted by Gasteiger charge is -2.39. The van der Waals surface area contributed by atoms with E-state index in [2.05, 4.69) is 5.32 Å². The predicted molar refractivity (Wildman–Crippen MR) is 94.1 cm³/mol. The summed E-state index contributed by atoms with van der Waals surface area (Å²) in [4.78, 5) is 14.6.